The molecule has 1 aromatic heterocycles. The number of carbonyl (C=O) groups excluding carboxylic acids is 1. The predicted molar refractivity (Wildman–Crippen MR) is 99.4 cm³/mol. The van der Waals surface area contributed by atoms with Gasteiger partial charge in [-0.3, -0.25) is 4.79 Å². The first-order valence-electron chi connectivity index (χ1n) is 8.16. The van der Waals surface area contributed by atoms with Gasteiger partial charge in [0, 0.05) is 4.90 Å². The van der Waals surface area contributed by atoms with Gasteiger partial charge in [-0.2, -0.15) is 18.3 Å². The van der Waals surface area contributed by atoms with E-state index in [0.29, 0.717) is 22.4 Å². The number of para-hydroxylation sites is 2. The van der Waals surface area contributed by atoms with Crippen molar-refractivity contribution in [3.63, 3.8) is 0 Å². The van der Waals surface area contributed by atoms with Gasteiger partial charge in [0.2, 0.25) is 0 Å². The molecule has 1 amide bonds. The van der Waals surface area contributed by atoms with Crippen molar-refractivity contribution >= 4 is 23.4 Å². The summed E-state index contributed by atoms with van der Waals surface area (Å²) < 4.78 is 52.8. The Morgan fingerprint density at radius 1 is 1.14 bits per heavy atom. The van der Waals surface area contributed by atoms with E-state index in [0.717, 1.165) is 0 Å². The van der Waals surface area contributed by atoms with E-state index in [4.69, 9.17) is 0 Å². The third-order valence-corrected chi connectivity index (χ3v) is 5.00. The molecule has 0 spiro atoms. The van der Waals surface area contributed by atoms with Crippen LogP contribution in [0, 0.1) is 12.7 Å². The molecule has 1 heterocycles. The Kier molecular flexibility index (Phi) is 5.73. The number of carbonyl (C=O) groups is 1. The molecule has 4 nitrogen and oxygen atoms in total. The van der Waals surface area contributed by atoms with Crippen LogP contribution in [-0.4, -0.2) is 27.6 Å². The molecule has 0 atom stereocenters. The highest BCUT2D eigenvalue weighted by Crippen LogP contribution is 2.32. The third kappa shape index (κ3) is 4.53. The van der Waals surface area contributed by atoms with Crippen molar-refractivity contribution in [3.8, 4) is 5.69 Å². The largest absolute Gasteiger partial charge is 0.398 e. The van der Waals surface area contributed by atoms with Crippen LogP contribution >= 0.6 is 11.8 Å². The smallest absolute Gasteiger partial charge is 0.321 e. The molecule has 3 aromatic rings. The predicted octanol–water partition coefficient (Wildman–Crippen LogP) is 5.23. The molecule has 3 rings (SSSR count). The normalized spacial score (nSPS) is 11.5. The Labute approximate surface area is 162 Å². The lowest BCUT2D eigenvalue weighted by Crippen LogP contribution is -2.15. The summed E-state index contributed by atoms with van der Waals surface area (Å²) >= 11 is 0.589. The van der Waals surface area contributed by atoms with Crippen LogP contribution in [-0.2, 0) is 0 Å². The third-order valence-electron chi connectivity index (χ3n) is 3.86. The topological polar surface area (TPSA) is 46.9 Å². The summed E-state index contributed by atoms with van der Waals surface area (Å²) in [5.41, 5.74) is 1.06. The molecular weight excluding hydrogens is 394 g/mol. The lowest BCUT2D eigenvalue weighted by atomic mass is 10.2. The standard InChI is InChI=1S/C19H15F4N3OS/c1-12-13(10-24-26(12)16-8-4-2-6-14(16)20)18(27)25-15-7-3-5-9-17(15)28-11-19(21,22)23/h2-10H,11H2,1H3,(H,25,27). The van der Waals surface area contributed by atoms with Crippen LogP contribution in [0.15, 0.2) is 59.6 Å². The molecule has 1 N–H and O–H groups in total. The van der Waals surface area contributed by atoms with E-state index in [2.05, 4.69) is 10.4 Å². The monoisotopic (exact) mass is 409 g/mol. The molecule has 0 radical (unpaired) electrons. The molecule has 0 unspecified atom stereocenters. The fourth-order valence-electron chi connectivity index (χ4n) is 2.54. The molecule has 2 aromatic carbocycles. The van der Waals surface area contributed by atoms with Gasteiger partial charge in [0.1, 0.15) is 11.5 Å². The van der Waals surface area contributed by atoms with Gasteiger partial charge in [-0.15, -0.1) is 11.8 Å². The number of thioether (sulfide) groups is 1. The van der Waals surface area contributed by atoms with E-state index in [1.54, 1.807) is 31.2 Å². The summed E-state index contributed by atoms with van der Waals surface area (Å²) in [6.07, 6.45) is -3.03. The minimum Gasteiger partial charge on any atom is -0.321 e. The van der Waals surface area contributed by atoms with Gasteiger partial charge in [-0.1, -0.05) is 24.3 Å². The maximum atomic E-state index is 14.0. The fraction of sp³-hybridized carbons (Fsp3) is 0.158. The van der Waals surface area contributed by atoms with Gasteiger partial charge in [0.05, 0.1) is 28.9 Å². The number of alkyl halides is 3. The van der Waals surface area contributed by atoms with E-state index >= 15 is 0 Å². The lowest BCUT2D eigenvalue weighted by molar-refractivity contribution is -0.105. The van der Waals surface area contributed by atoms with Crippen molar-refractivity contribution < 1.29 is 22.4 Å². The summed E-state index contributed by atoms with van der Waals surface area (Å²) in [6, 6.07) is 12.2. The zero-order valence-electron chi connectivity index (χ0n) is 14.6. The first-order valence-corrected chi connectivity index (χ1v) is 9.14. The van der Waals surface area contributed by atoms with E-state index in [-0.39, 0.29) is 16.9 Å². The molecule has 0 aliphatic heterocycles. The average molecular weight is 409 g/mol. The van der Waals surface area contributed by atoms with Crippen molar-refractivity contribution in [2.24, 2.45) is 0 Å². The molecule has 0 aliphatic rings. The number of nitrogens with one attached hydrogen (secondary N) is 1. The van der Waals surface area contributed by atoms with Gasteiger partial charge >= 0.3 is 6.18 Å². The van der Waals surface area contributed by atoms with Gasteiger partial charge < -0.3 is 5.32 Å². The quantitative estimate of drug-likeness (QED) is 0.464. The summed E-state index contributed by atoms with van der Waals surface area (Å²) in [7, 11) is 0. The Hall–Kier alpha value is -2.81. The molecule has 9 heteroatoms. The molecule has 28 heavy (non-hydrogen) atoms. The summed E-state index contributed by atoms with van der Waals surface area (Å²) in [5, 5.41) is 6.67. The number of anilines is 1. The minimum absolute atomic E-state index is 0.193. The Balaban J connectivity index is 1.83. The highest BCUT2D eigenvalue weighted by atomic mass is 32.2. The van der Waals surface area contributed by atoms with Crippen LogP contribution in [0.3, 0.4) is 0 Å². The minimum atomic E-state index is -4.32. The van der Waals surface area contributed by atoms with Crippen LogP contribution in [0.4, 0.5) is 23.2 Å². The first kappa shape index (κ1) is 19.9. The number of hydrogen-bond acceptors (Lipinski definition) is 3. The van der Waals surface area contributed by atoms with Crippen LogP contribution in [0.25, 0.3) is 5.69 Å². The van der Waals surface area contributed by atoms with Crippen molar-refractivity contribution in [2.75, 3.05) is 11.1 Å². The number of amides is 1. The molecule has 0 saturated heterocycles. The van der Waals surface area contributed by atoms with Crippen molar-refractivity contribution in [2.45, 2.75) is 18.0 Å². The second kappa shape index (κ2) is 8.05. The highest BCUT2D eigenvalue weighted by molar-refractivity contribution is 7.99. The molecule has 0 saturated carbocycles. The maximum Gasteiger partial charge on any atom is 0.398 e. The Morgan fingerprint density at radius 3 is 2.54 bits per heavy atom. The van der Waals surface area contributed by atoms with E-state index in [1.807, 2.05) is 0 Å². The number of aromatic nitrogens is 2. The maximum absolute atomic E-state index is 14.0. The average Bonchev–Trinajstić information content (AvgIpc) is 3.02. The number of rotatable bonds is 5. The Morgan fingerprint density at radius 2 is 1.82 bits per heavy atom. The molecule has 146 valence electrons. The van der Waals surface area contributed by atoms with Gasteiger partial charge in [-0.25, -0.2) is 9.07 Å². The SMILES string of the molecule is Cc1c(C(=O)Nc2ccccc2SCC(F)(F)F)cnn1-c1ccccc1F. The van der Waals surface area contributed by atoms with Crippen LogP contribution in [0.2, 0.25) is 0 Å². The number of hydrogen-bond donors (Lipinski definition) is 1. The fourth-order valence-corrected chi connectivity index (χ4v) is 3.31. The first-order chi connectivity index (χ1) is 13.3. The van der Waals surface area contributed by atoms with Gasteiger partial charge in [-0.05, 0) is 31.2 Å². The van der Waals surface area contributed by atoms with E-state index in [9.17, 15) is 22.4 Å². The van der Waals surface area contributed by atoms with Crippen molar-refractivity contribution in [1.82, 2.24) is 9.78 Å². The molecule has 0 bridgehead atoms. The van der Waals surface area contributed by atoms with E-state index < -0.39 is 23.7 Å². The van der Waals surface area contributed by atoms with Crippen LogP contribution in [0.1, 0.15) is 16.1 Å². The number of nitrogens with zero attached hydrogens (tertiary/aromatic N) is 2. The second-order valence-electron chi connectivity index (χ2n) is 5.86. The van der Waals surface area contributed by atoms with Crippen molar-refractivity contribution in [1.29, 1.82) is 0 Å². The lowest BCUT2D eigenvalue weighted by Gasteiger charge is -2.12. The zero-order chi connectivity index (χ0) is 20.3. The highest BCUT2D eigenvalue weighted by Gasteiger charge is 2.28. The van der Waals surface area contributed by atoms with E-state index in [1.165, 1.54) is 35.1 Å². The Bertz CT molecular complexity index is 1000. The van der Waals surface area contributed by atoms with Gasteiger partial charge in [0.15, 0.2) is 0 Å². The van der Waals surface area contributed by atoms with Crippen molar-refractivity contribution in [3.05, 3.63) is 71.8 Å². The number of benzene rings is 2. The summed E-state index contributed by atoms with van der Waals surface area (Å²) in [6.45, 7) is 1.61. The number of halogens is 4. The summed E-state index contributed by atoms with van der Waals surface area (Å²) in [4.78, 5) is 12.9. The van der Waals surface area contributed by atoms with Gasteiger partial charge in [0.25, 0.3) is 5.91 Å². The zero-order valence-corrected chi connectivity index (χ0v) is 15.4. The van der Waals surface area contributed by atoms with Crippen LogP contribution in [0.5, 0.6) is 0 Å². The second-order valence-corrected chi connectivity index (χ2v) is 6.88. The summed E-state index contributed by atoms with van der Waals surface area (Å²) in [5.74, 6) is -2.10. The molecule has 0 aliphatic carbocycles. The molecular formula is C19H15F4N3OS. The van der Waals surface area contributed by atoms with Crippen LogP contribution < -0.4 is 5.32 Å². The molecule has 0 fully saturated rings.